The molecule has 1 atom stereocenters. The standard InChI is InChI=1S/C49H94O6/c1-4-7-10-13-15-17-19-20-21-22-23-24-25-26-27-28-30-31-33-36-39-42-48(51)54-45-46(44-53-47(50)41-38-35-12-9-6-3)55-49(52)43-40-37-34-32-29-18-16-14-11-8-5-2/h46H,4-45H2,1-3H3. The average molecular weight is 779 g/mol. The highest BCUT2D eigenvalue weighted by molar-refractivity contribution is 5.71. The first-order valence-electron chi connectivity index (χ1n) is 24.5. The van der Waals surface area contributed by atoms with Crippen LogP contribution in [0.15, 0.2) is 0 Å². The maximum atomic E-state index is 12.6. The summed E-state index contributed by atoms with van der Waals surface area (Å²) in [5, 5.41) is 0. The Morgan fingerprint density at radius 3 is 0.727 bits per heavy atom. The van der Waals surface area contributed by atoms with E-state index < -0.39 is 6.10 Å². The number of carbonyl (C=O) groups is 3. The van der Waals surface area contributed by atoms with E-state index in [4.69, 9.17) is 14.2 Å². The zero-order chi connectivity index (χ0) is 40.1. The van der Waals surface area contributed by atoms with Crippen LogP contribution in [0.2, 0.25) is 0 Å². The third-order valence-electron chi connectivity index (χ3n) is 11.1. The molecule has 0 heterocycles. The van der Waals surface area contributed by atoms with Gasteiger partial charge in [-0.25, -0.2) is 0 Å². The normalized spacial score (nSPS) is 11.8. The first-order chi connectivity index (χ1) is 27.0. The monoisotopic (exact) mass is 779 g/mol. The molecule has 0 aliphatic heterocycles. The second-order valence-electron chi connectivity index (χ2n) is 16.7. The highest BCUT2D eigenvalue weighted by Gasteiger charge is 2.19. The molecule has 0 aliphatic rings. The van der Waals surface area contributed by atoms with Gasteiger partial charge in [0.05, 0.1) is 0 Å². The lowest BCUT2D eigenvalue weighted by Gasteiger charge is -2.18. The van der Waals surface area contributed by atoms with Crippen molar-refractivity contribution in [3.8, 4) is 0 Å². The summed E-state index contributed by atoms with van der Waals surface area (Å²) in [4.78, 5) is 37.5. The van der Waals surface area contributed by atoms with E-state index in [-0.39, 0.29) is 31.1 Å². The second kappa shape index (κ2) is 45.1. The summed E-state index contributed by atoms with van der Waals surface area (Å²) in [6.45, 7) is 6.58. The van der Waals surface area contributed by atoms with E-state index in [2.05, 4.69) is 20.8 Å². The third kappa shape index (κ3) is 43.4. The van der Waals surface area contributed by atoms with Crippen LogP contribution in [0.1, 0.15) is 278 Å². The first-order valence-corrected chi connectivity index (χ1v) is 24.5. The topological polar surface area (TPSA) is 78.9 Å². The highest BCUT2D eigenvalue weighted by Crippen LogP contribution is 2.17. The van der Waals surface area contributed by atoms with Crippen molar-refractivity contribution in [1.82, 2.24) is 0 Å². The molecule has 0 amide bonds. The van der Waals surface area contributed by atoms with Gasteiger partial charge in [-0.1, -0.05) is 239 Å². The van der Waals surface area contributed by atoms with Crippen LogP contribution < -0.4 is 0 Å². The minimum Gasteiger partial charge on any atom is -0.462 e. The summed E-state index contributed by atoms with van der Waals surface area (Å²) in [7, 11) is 0. The lowest BCUT2D eigenvalue weighted by Crippen LogP contribution is -2.30. The van der Waals surface area contributed by atoms with Crippen LogP contribution in [0.3, 0.4) is 0 Å². The van der Waals surface area contributed by atoms with Crippen LogP contribution in [0.25, 0.3) is 0 Å². The van der Waals surface area contributed by atoms with Gasteiger partial charge in [0.2, 0.25) is 0 Å². The van der Waals surface area contributed by atoms with Gasteiger partial charge in [0.1, 0.15) is 13.2 Å². The van der Waals surface area contributed by atoms with Gasteiger partial charge in [0.25, 0.3) is 0 Å². The quantitative estimate of drug-likeness (QED) is 0.0348. The van der Waals surface area contributed by atoms with E-state index in [1.54, 1.807) is 0 Å². The molecule has 6 nitrogen and oxygen atoms in total. The summed E-state index contributed by atoms with van der Waals surface area (Å²) in [6.07, 6.45) is 47.0. The van der Waals surface area contributed by atoms with Crippen molar-refractivity contribution in [1.29, 1.82) is 0 Å². The molecule has 0 fully saturated rings. The second-order valence-corrected chi connectivity index (χ2v) is 16.7. The van der Waals surface area contributed by atoms with Gasteiger partial charge >= 0.3 is 17.9 Å². The molecule has 0 N–H and O–H groups in total. The fourth-order valence-corrected chi connectivity index (χ4v) is 7.38. The molecular formula is C49H94O6. The smallest absolute Gasteiger partial charge is 0.306 e. The molecule has 0 aliphatic carbocycles. The van der Waals surface area contributed by atoms with Crippen molar-refractivity contribution in [2.75, 3.05) is 13.2 Å². The molecule has 326 valence electrons. The summed E-state index contributed by atoms with van der Waals surface area (Å²) in [5.41, 5.74) is 0. The number of hydrogen-bond donors (Lipinski definition) is 0. The third-order valence-corrected chi connectivity index (χ3v) is 11.1. The van der Waals surface area contributed by atoms with Crippen LogP contribution in [-0.2, 0) is 28.6 Å². The Morgan fingerprint density at radius 1 is 0.291 bits per heavy atom. The molecule has 55 heavy (non-hydrogen) atoms. The molecule has 6 heteroatoms. The Bertz CT molecular complexity index is 813. The van der Waals surface area contributed by atoms with Crippen LogP contribution in [0, 0.1) is 0 Å². The van der Waals surface area contributed by atoms with Crippen molar-refractivity contribution in [3.63, 3.8) is 0 Å². The Kier molecular flexibility index (Phi) is 43.8. The molecule has 0 aromatic carbocycles. The van der Waals surface area contributed by atoms with E-state index in [1.165, 1.54) is 173 Å². The molecule has 0 saturated carbocycles. The number of hydrogen-bond acceptors (Lipinski definition) is 6. The van der Waals surface area contributed by atoms with Gasteiger partial charge in [-0.2, -0.15) is 0 Å². The predicted molar refractivity (Wildman–Crippen MR) is 233 cm³/mol. The minimum absolute atomic E-state index is 0.0636. The summed E-state index contributed by atoms with van der Waals surface area (Å²) < 4.78 is 16.6. The van der Waals surface area contributed by atoms with Crippen molar-refractivity contribution in [2.45, 2.75) is 284 Å². The molecule has 0 saturated heterocycles. The van der Waals surface area contributed by atoms with Gasteiger partial charge in [0.15, 0.2) is 6.10 Å². The van der Waals surface area contributed by atoms with Crippen molar-refractivity contribution < 1.29 is 28.6 Å². The van der Waals surface area contributed by atoms with Gasteiger partial charge in [-0.3, -0.25) is 14.4 Å². The molecular weight excluding hydrogens is 685 g/mol. The predicted octanol–water partition coefficient (Wildman–Crippen LogP) is 15.6. The van der Waals surface area contributed by atoms with E-state index >= 15 is 0 Å². The lowest BCUT2D eigenvalue weighted by molar-refractivity contribution is -0.167. The van der Waals surface area contributed by atoms with Crippen molar-refractivity contribution in [2.24, 2.45) is 0 Å². The highest BCUT2D eigenvalue weighted by atomic mass is 16.6. The Balaban J connectivity index is 4.04. The average Bonchev–Trinajstić information content (AvgIpc) is 3.18. The zero-order valence-corrected chi connectivity index (χ0v) is 37.2. The number of unbranched alkanes of at least 4 members (excludes halogenated alkanes) is 34. The Labute approximate surface area is 342 Å². The maximum absolute atomic E-state index is 12.6. The first kappa shape index (κ1) is 53.4. The summed E-state index contributed by atoms with van der Waals surface area (Å²) in [6, 6.07) is 0. The van der Waals surface area contributed by atoms with Crippen LogP contribution >= 0.6 is 0 Å². The van der Waals surface area contributed by atoms with E-state index in [0.717, 1.165) is 64.2 Å². The fraction of sp³-hybridized carbons (Fsp3) is 0.939. The SMILES string of the molecule is CCCCCCCCCCCCCCCCCCCCCCCC(=O)OCC(COC(=O)CCCCCCC)OC(=O)CCCCCCCCCCCCC. The molecule has 0 aromatic heterocycles. The maximum Gasteiger partial charge on any atom is 0.306 e. The van der Waals surface area contributed by atoms with E-state index in [1.807, 2.05) is 0 Å². The number of carbonyl (C=O) groups excluding carboxylic acids is 3. The number of ether oxygens (including phenoxy) is 3. The fourth-order valence-electron chi connectivity index (χ4n) is 7.38. The molecule has 0 bridgehead atoms. The van der Waals surface area contributed by atoms with Crippen molar-refractivity contribution in [3.05, 3.63) is 0 Å². The zero-order valence-electron chi connectivity index (χ0n) is 37.2. The van der Waals surface area contributed by atoms with Gasteiger partial charge in [-0.05, 0) is 19.3 Å². The number of esters is 3. The van der Waals surface area contributed by atoms with Gasteiger partial charge in [0, 0.05) is 19.3 Å². The van der Waals surface area contributed by atoms with Crippen LogP contribution in [0.4, 0.5) is 0 Å². The number of rotatable bonds is 45. The molecule has 0 spiro atoms. The summed E-state index contributed by atoms with van der Waals surface area (Å²) >= 11 is 0. The Morgan fingerprint density at radius 2 is 0.491 bits per heavy atom. The largest absolute Gasteiger partial charge is 0.462 e. The van der Waals surface area contributed by atoms with Crippen molar-refractivity contribution >= 4 is 17.9 Å². The Hall–Kier alpha value is -1.59. The van der Waals surface area contributed by atoms with Gasteiger partial charge < -0.3 is 14.2 Å². The van der Waals surface area contributed by atoms with Gasteiger partial charge in [-0.15, -0.1) is 0 Å². The molecule has 1 unspecified atom stereocenters. The molecule has 0 aromatic rings. The molecule has 0 rings (SSSR count). The summed E-state index contributed by atoms with van der Waals surface area (Å²) in [5.74, 6) is -0.864. The van der Waals surface area contributed by atoms with E-state index in [0.29, 0.717) is 19.3 Å². The van der Waals surface area contributed by atoms with Crippen LogP contribution in [-0.4, -0.2) is 37.2 Å². The lowest BCUT2D eigenvalue weighted by atomic mass is 10.0. The van der Waals surface area contributed by atoms with E-state index in [9.17, 15) is 14.4 Å². The van der Waals surface area contributed by atoms with Crippen LogP contribution in [0.5, 0.6) is 0 Å². The minimum atomic E-state index is -0.757. The molecule has 0 radical (unpaired) electrons.